The molecule has 2 aromatic heterocycles. The van der Waals surface area contributed by atoms with Gasteiger partial charge in [0.1, 0.15) is 13.2 Å². The van der Waals surface area contributed by atoms with Crippen molar-refractivity contribution in [3.05, 3.63) is 70.4 Å². The van der Waals surface area contributed by atoms with Gasteiger partial charge in [-0.15, -0.1) is 5.10 Å². The van der Waals surface area contributed by atoms with Crippen molar-refractivity contribution in [3.8, 4) is 22.8 Å². The normalized spacial score (nSPS) is 12.8. The first-order chi connectivity index (χ1) is 14.7. The van der Waals surface area contributed by atoms with Gasteiger partial charge in [0.15, 0.2) is 11.5 Å². The number of aromatic nitrogens is 4. The third-order valence-corrected chi connectivity index (χ3v) is 5.48. The molecule has 3 heterocycles. The molecule has 5 rings (SSSR count). The monoisotopic (exact) mass is 421 g/mol. The van der Waals surface area contributed by atoms with E-state index >= 15 is 0 Å². The summed E-state index contributed by atoms with van der Waals surface area (Å²) in [5.74, 6) is 2.65. The van der Waals surface area contributed by atoms with E-state index in [0.717, 1.165) is 28.3 Å². The topological polar surface area (TPSA) is 105 Å². The van der Waals surface area contributed by atoms with Gasteiger partial charge in [-0.3, -0.25) is 10.1 Å². The van der Waals surface area contributed by atoms with Crippen LogP contribution in [0.3, 0.4) is 0 Å². The van der Waals surface area contributed by atoms with Crippen LogP contribution in [0.15, 0.2) is 59.9 Å². The quantitative estimate of drug-likeness (QED) is 0.272. The molecule has 0 amide bonds. The maximum atomic E-state index is 10.9. The summed E-state index contributed by atoms with van der Waals surface area (Å²) in [6.07, 6.45) is 1.65. The van der Waals surface area contributed by atoms with Gasteiger partial charge in [0.05, 0.1) is 10.6 Å². The van der Waals surface area contributed by atoms with Gasteiger partial charge in [-0.2, -0.15) is 9.50 Å². The van der Waals surface area contributed by atoms with Crippen LogP contribution in [0.2, 0.25) is 0 Å². The van der Waals surface area contributed by atoms with Crippen LogP contribution in [-0.2, 0) is 5.75 Å². The molecule has 0 fully saturated rings. The molecule has 0 saturated carbocycles. The molecule has 9 nitrogen and oxygen atoms in total. The summed E-state index contributed by atoms with van der Waals surface area (Å²) in [6, 6.07) is 14.0. The molecular weight excluding hydrogens is 406 g/mol. The lowest BCUT2D eigenvalue weighted by atomic mass is 10.1. The van der Waals surface area contributed by atoms with E-state index in [2.05, 4.69) is 15.1 Å². The highest BCUT2D eigenvalue weighted by molar-refractivity contribution is 7.98. The molecule has 0 atom stereocenters. The van der Waals surface area contributed by atoms with E-state index in [4.69, 9.17) is 9.47 Å². The Bertz CT molecular complexity index is 1240. The summed E-state index contributed by atoms with van der Waals surface area (Å²) < 4.78 is 12.8. The second-order valence-electron chi connectivity index (χ2n) is 6.51. The van der Waals surface area contributed by atoms with E-state index in [1.54, 1.807) is 28.9 Å². The van der Waals surface area contributed by atoms with Gasteiger partial charge < -0.3 is 9.47 Å². The fraction of sp³-hybridized carbons (Fsp3) is 0.150. The average molecular weight is 421 g/mol. The maximum Gasteiger partial charge on any atom is 0.269 e. The van der Waals surface area contributed by atoms with Crippen molar-refractivity contribution < 1.29 is 14.4 Å². The number of fused-ring (bicyclic) bond motifs is 2. The van der Waals surface area contributed by atoms with Crippen LogP contribution in [0.25, 0.3) is 17.0 Å². The van der Waals surface area contributed by atoms with Crippen molar-refractivity contribution in [1.29, 1.82) is 0 Å². The van der Waals surface area contributed by atoms with E-state index in [1.165, 1.54) is 23.9 Å². The molecule has 0 spiro atoms. The minimum Gasteiger partial charge on any atom is -0.486 e. The Labute approximate surface area is 174 Å². The first kappa shape index (κ1) is 18.4. The minimum atomic E-state index is -0.423. The lowest BCUT2D eigenvalue weighted by Gasteiger charge is -2.18. The molecule has 150 valence electrons. The molecule has 0 aliphatic carbocycles. The fourth-order valence-electron chi connectivity index (χ4n) is 3.13. The number of benzene rings is 2. The van der Waals surface area contributed by atoms with E-state index < -0.39 is 4.92 Å². The Kier molecular flexibility index (Phi) is 4.68. The summed E-state index contributed by atoms with van der Waals surface area (Å²) in [5, 5.41) is 16.0. The second kappa shape index (κ2) is 7.64. The predicted octanol–water partition coefficient (Wildman–Crippen LogP) is 3.76. The molecule has 0 unspecified atom stereocenters. The highest BCUT2D eigenvalue weighted by Gasteiger charge is 2.14. The van der Waals surface area contributed by atoms with Crippen molar-refractivity contribution in [2.75, 3.05) is 13.2 Å². The Hall–Kier alpha value is -3.66. The molecule has 0 bridgehead atoms. The van der Waals surface area contributed by atoms with E-state index in [0.29, 0.717) is 29.9 Å². The Morgan fingerprint density at radius 1 is 1.07 bits per heavy atom. The number of nitro benzene ring substituents is 1. The van der Waals surface area contributed by atoms with Gasteiger partial charge >= 0.3 is 0 Å². The summed E-state index contributed by atoms with van der Waals surface area (Å²) in [6.45, 7) is 1.12. The third kappa shape index (κ3) is 3.52. The third-order valence-electron chi connectivity index (χ3n) is 4.57. The first-order valence-electron chi connectivity index (χ1n) is 9.15. The summed E-state index contributed by atoms with van der Waals surface area (Å²) in [7, 11) is 0. The molecule has 0 radical (unpaired) electrons. The number of hydrogen-bond donors (Lipinski definition) is 0. The molecule has 2 aromatic carbocycles. The highest BCUT2D eigenvalue weighted by Crippen LogP contribution is 2.33. The number of non-ortho nitro benzene ring substituents is 1. The Morgan fingerprint density at radius 2 is 1.87 bits per heavy atom. The zero-order valence-electron chi connectivity index (χ0n) is 15.6. The van der Waals surface area contributed by atoms with Gasteiger partial charge in [0.2, 0.25) is 5.16 Å². The van der Waals surface area contributed by atoms with Gasteiger partial charge in [-0.05, 0) is 35.9 Å². The van der Waals surface area contributed by atoms with Crippen LogP contribution in [0.5, 0.6) is 11.5 Å². The Balaban J connectivity index is 1.39. The second-order valence-corrected chi connectivity index (χ2v) is 7.45. The molecule has 0 saturated heterocycles. The van der Waals surface area contributed by atoms with Crippen LogP contribution in [0.4, 0.5) is 5.69 Å². The molecule has 30 heavy (non-hydrogen) atoms. The van der Waals surface area contributed by atoms with Gasteiger partial charge in [-0.1, -0.05) is 17.8 Å². The maximum absolute atomic E-state index is 10.9. The van der Waals surface area contributed by atoms with Crippen molar-refractivity contribution in [2.24, 2.45) is 0 Å². The van der Waals surface area contributed by atoms with E-state index in [9.17, 15) is 10.1 Å². The largest absolute Gasteiger partial charge is 0.486 e. The van der Waals surface area contributed by atoms with Gasteiger partial charge in [0, 0.05) is 29.6 Å². The number of hydrogen-bond acceptors (Lipinski definition) is 8. The lowest BCUT2D eigenvalue weighted by Crippen LogP contribution is -2.15. The smallest absolute Gasteiger partial charge is 0.269 e. The van der Waals surface area contributed by atoms with Crippen LogP contribution in [0, 0.1) is 10.1 Å². The molecule has 10 heteroatoms. The highest BCUT2D eigenvalue weighted by atomic mass is 32.2. The number of nitrogens with zero attached hydrogens (tertiary/aromatic N) is 5. The average Bonchev–Trinajstić information content (AvgIpc) is 3.21. The Morgan fingerprint density at radius 3 is 2.67 bits per heavy atom. The molecule has 4 aromatic rings. The first-order valence-corrected chi connectivity index (χ1v) is 10.1. The lowest BCUT2D eigenvalue weighted by molar-refractivity contribution is -0.384. The summed E-state index contributed by atoms with van der Waals surface area (Å²) in [4.78, 5) is 19.2. The number of nitro groups is 1. The van der Waals surface area contributed by atoms with Crippen LogP contribution in [-0.4, -0.2) is 37.7 Å². The zero-order valence-corrected chi connectivity index (χ0v) is 16.4. The van der Waals surface area contributed by atoms with Crippen LogP contribution < -0.4 is 9.47 Å². The fourth-order valence-corrected chi connectivity index (χ4v) is 3.90. The minimum absolute atomic E-state index is 0.0401. The number of thioether (sulfide) groups is 1. The number of ether oxygens (including phenoxy) is 2. The summed E-state index contributed by atoms with van der Waals surface area (Å²) >= 11 is 1.49. The molecule has 1 aliphatic rings. The predicted molar refractivity (Wildman–Crippen MR) is 110 cm³/mol. The standard InChI is InChI=1S/C20H15N5O4S/c26-25(27)15-4-2-14(3-5-15)16-7-8-21-19-22-20(23-24(16)19)30-12-13-1-6-17-18(11-13)29-10-9-28-17/h1-8,11H,9-10,12H2. The van der Waals surface area contributed by atoms with Gasteiger partial charge in [-0.25, -0.2) is 4.98 Å². The number of rotatable bonds is 5. The van der Waals surface area contributed by atoms with Crippen molar-refractivity contribution in [3.63, 3.8) is 0 Å². The van der Waals surface area contributed by atoms with Crippen LogP contribution >= 0.6 is 11.8 Å². The summed E-state index contributed by atoms with van der Waals surface area (Å²) in [5.41, 5.74) is 2.67. The SMILES string of the molecule is O=[N+]([O-])c1ccc(-c2ccnc3nc(SCc4ccc5c(c4)OCCO5)nn23)cc1. The van der Waals surface area contributed by atoms with Crippen molar-refractivity contribution in [2.45, 2.75) is 10.9 Å². The van der Waals surface area contributed by atoms with Gasteiger partial charge in [0.25, 0.3) is 11.5 Å². The van der Waals surface area contributed by atoms with Crippen LogP contribution in [0.1, 0.15) is 5.56 Å². The molecule has 0 N–H and O–H groups in total. The zero-order chi connectivity index (χ0) is 20.5. The van der Waals surface area contributed by atoms with E-state index in [-0.39, 0.29) is 5.69 Å². The molecule has 1 aliphatic heterocycles. The molecular formula is C20H15N5O4S. The van der Waals surface area contributed by atoms with Crippen molar-refractivity contribution in [1.82, 2.24) is 19.6 Å². The van der Waals surface area contributed by atoms with Crippen molar-refractivity contribution >= 4 is 23.2 Å². The van der Waals surface area contributed by atoms with E-state index in [1.807, 2.05) is 18.2 Å².